The summed E-state index contributed by atoms with van der Waals surface area (Å²) in [6.07, 6.45) is 2.09. The standard InChI is InChI=1S/C17H18N2O/c1-3-16-15(11-19(2)18-16)17(20)14-10-6-8-12-7-4-5-9-13(12)14/h4-11,17,20H,3H2,1-2H3. The van der Waals surface area contributed by atoms with E-state index in [4.69, 9.17) is 0 Å². The average molecular weight is 266 g/mol. The Bertz CT molecular complexity index is 740. The molecule has 1 heterocycles. The Balaban J connectivity index is 2.15. The van der Waals surface area contributed by atoms with E-state index in [2.05, 4.69) is 30.2 Å². The normalized spacial score (nSPS) is 12.8. The molecule has 1 unspecified atom stereocenters. The maximum absolute atomic E-state index is 10.8. The van der Waals surface area contributed by atoms with Crippen molar-refractivity contribution in [1.82, 2.24) is 9.78 Å². The third kappa shape index (κ3) is 2.10. The lowest BCUT2D eigenvalue weighted by Crippen LogP contribution is -2.02. The van der Waals surface area contributed by atoms with Gasteiger partial charge in [0, 0.05) is 18.8 Å². The van der Waals surface area contributed by atoms with Gasteiger partial charge in [0.25, 0.3) is 0 Å². The van der Waals surface area contributed by atoms with Crippen LogP contribution >= 0.6 is 0 Å². The van der Waals surface area contributed by atoms with E-state index in [0.29, 0.717) is 0 Å². The molecule has 20 heavy (non-hydrogen) atoms. The number of hydrogen-bond acceptors (Lipinski definition) is 2. The van der Waals surface area contributed by atoms with Crippen LogP contribution in [0.15, 0.2) is 48.7 Å². The molecule has 2 aromatic carbocycles. The zero-order chi connectivity index (χ0) is 14.1. The molecular formula is C17H18N2O. The SMILES string of the molecule is CCc1nn(C)cc1C(O)c1cccc2ccccc12. The Morgan fingerprint density at radius 1 is 1.10 bits per heavy atom. The van der Waals surface area contributed by atoms with Gasteiger partial charge in [0.1, 0.15) is 6.10 Å². The molecule has 1 atom stereocenters. The van der Waals surface area contributed by atoms with Crippen LogP contribution in [0, 0.1) is 0 Å². The van der Waals surface area contributed by atoms with Crippen LogP contribution in [0.3, 0.4) is 0 Å². The van der Waals surface area contributed by atoms with Crippen LogP contribution in [0.25, 0.3) is 10.8 Å². The summed E-state index contributed by atoms with van der Waals surface area (Å²) in [6, 6.07) is 14.2. The van der Waals surface area contributed by atoms with E-state index in [1.807, 2.05) is 37.5 Å². The number of aliphatic hydroxyl groups excluding tert-OH is 1. The summed E-state index contributed by atoms with van der Waals surface area (Å²) >= 11 is 0. The smallest absolute Gasteiger partial charge is 0.108 e. The lowest BCUT2D eigenvalue weighted by atomic mass is 9.96. The van der Waals surface area contributed by atoms with Gasteiger partial charge in [-0.25, -0.2) is 0 Å². The van der Waals surface area contributed by atoms with Crippen molar-refractivity contribution in [3.05, 3.63) is 65.5 Å². The second-order valence-corrected chi connectivity index (χ2v) is 5.03. The third-order valence-electron chi connectivity index (χ3n) is 3.69. The van der Waals surface area contributed by atoms with E-state index >= 15 is 0 Å². The van der Waals surface area contributed by atoms with E-state index in [0.717, 1.165) is 34.0 Å². The summed E-state index contributed by atoms with van der Waals surface area (Å²) in [7, 11) is 1.89. The minimum Gasteiger partial charge on any atom is -0.384 e. The zero-order valence-electron chi connectivity index (χ0n) is 11.7. The molecule has 3 heteroatoms. The van der Waals surface area contributed by atoms with Crippen molar-refractivity contribution in [2.45, 2.75) is 19.4 Å². The number of fused-ring (bicyclic) bond motifs is 1. The third-order valence-corrected chi connectivity index (χ3v) is 3.69. The molecule has 3 nitrogen and oxygen atoms in total. The van der Waals surface area contributed by atoms with Crippen LogP contribution in [0.1, 0.15) is 29.8 Å². The van der Waals surface area contributed by atoms with Crippen molar-refractivity contribution >= 4 is 10.8 Å². The van der Waals surface area contributed by atoms with Crippen molar-refractivity contribution < 1.29 is 5.11 Å². The van der Waals surface area contributed by atoms with Crippen LogP contribution in [-0.2, 0) is 13.5 Å². The summed E-state index contributed by atoms with van der Waals surface area (Å²) in [5.41, 5.74) is 2.78. The van der Waals surface area contributed by atoms with E-state index in [1.54, 1.807) is 4.68 Å². The quantitative estimate of drug-likeness (QED) is 0.790. The van der Waals surface area contributed by atoms with Gasteiger partial charge >= 0.3 is 0 Å². The molecular weight excluding hydrogens is 248 g/mol. The lowest BCUT2D eigenvalue weighted by molar-refractivity contribution is 0.220. The lowest BCUT2D eigenvalue weighted by Gasteiger charge is -2.13. The fourth-order valence-electron chi connectivity index (χ4n) is 2.71. The topological polar surface area (TPSA) is 38.0 Å². The van der Waals surface area contributed by atoms with Gasteiger partial charge in [-0.1, -0.05) is 49.4 Å². The van der Waals surface area contributed by atoms with Crippen molar-refractivity contribution in [3.8, 4) is 0 Å². The van der Waals surface area contributed by atoms with Crippen LogP contribution in [0.2, 0.25) is 0 Å². The van der Waals surface area contributed by atoms with E-state index < -0.39 is 6.10 Å². The molecule has 0 bridgehead atoms. The Labute approximate surface area is 118 Å². The number of aromatic nitrogens is 2. The number of rotatable bonds is 3. The van der Waals surface area contributed by atoms with Gasteiger partial charge in [-0.15, -0.1) is 0 Å². The Kier molecular flexibility index (Phi) is 3.28. The van der Waals surface area contributed by atoms with E-state index in [9.17, 15) is 5.11 Å². The van der Waals surface area contributed by atoms with Crippen molar-refractivity contribution in [2.24, 2.45) is 7.05 Å². The van der Waals surface area contributed by atoms with Crippen LogP contribution in [0.4, 0.5) is 0 Å². The van der Waals surface area contributed by atoms with Gasteiger partial charge in [-0.05, 0) is 22.8 Å². The molecule has 0 aliphatic rings. The number of nitrogens with zero attached hydrogens (tertiary/aromatic N) is 2. The average Bonchev–Trinajstić information content (AvgIpc) is 2.87. The van der Waals surface area contributed by atoms with Gasteiger partial charge in [-0.3, -0.25) is 4.68 Å². The van der Waals surface area contributed by atoms with Gasteiger partial charge in [0.15, 0.2) is 0 Å². The zero-order valence-corrected chi connectivity index (χ0v) is 11.7. The molecule has 0 fully saturated rings. The Morgan fingerprint density at radius 3 is 2.65 bits per heavy atom. The first-order chi connectivity index (χ1) is 9.70. The largest absolute Gasteiger partial charge is 0.384 e. The monoisotopic (exact) mass is 266 g/mol. The van der Waals surface area contributed by atoms with Gasteiger partial charge in [0.2, 0.25) is 0 Å². The predicted molar refractivity (Wildman–Crippen MR) is 80.6 cm³/mol. The highest BCUT2D eigenvalue weighted by Crippen LogP contribution is 2.30. The minimum absolute atomic E-state index is 0.634. The van der Waals surface area contributed by atoms with Crippen molar-refractivity contribution in [2.75, 3.05) is 0 Å². The van der Waals surface area contributed by atoms with Gasteiger partial charge in [-0.2, -0.15) is 5.10 Å². The van der Waals surface area contributed by atoms with E-state index in [1.165, 1.54) is 0 Å². The molecule has 102 valence electrons. The van der Waals surface area contributed by atoms with Crippen LogP contribution in [-0.4, -0.2) is 14.9 Å². The first-order valence-corrected chi connectivity index (χ1v) is 6.89. The molecule has 0 saturated heterocycles. The highest BCUT2D eigenvalue weighted by molar-refractivity contribution is 5.86. The molecule has 3 aromatic rings. The highest BCUT2D eigenvalue weighted by atomic mass is 16.3. The Hall–Kier alpha value is -2.13. The molecule has 0 aliphatic carbocycles. The fraction of sp³-hybridized carbons (Fsp3) is 0.235. The highest BCUT2D eigenvalue weighted by Gasteiger charge is 2.18. The summed E-state index contributed by atoms with van der Waals surface area (Å²) in [6.45, 7) is 2.06. The summed E-state index contributed by atoms with van der Waals surface area (Å²) < 4.78 is 1.77. The first kappa shape index (κ1) is 12.9. The predicted octanol–water partition coefficient (Wildman–Crippen LogP) is 3.22. The van der Waals surface area contributed by atoms with Crippen molar-refractivity contribution in [3.63, 3.8) is 0 Å². The molecule has 0 saturated carbocycles. The fourth-order valence-corrected chi connectivity index (χ4v) is 2.71. The minimum atomic E-state index is -0.634. The second kappa shape index (κ2) is 5.10. The summed E-state index contributed by atoms with van der Waals surface area (Å²) in [4.78, 5) is 0. The Morgan fingerprint density at radius 2 is 1.85 bits per heavy atom. The summed E-state index contributed by atoms with van der Waals surface area (Å²) in [5, 5.41) is 17.4. The number of aryl methyl sites for hydroxylation is 2. The van der Waals surface area contributed by atoms with E-state index in [-0.39, 0.29) is 0 Å². The maximum Gasteiger partial charge on any atom is 0.108 e. The molecule has 0 amide bonds. The first-order valence-electron chi connectivity index (χ1n) is 6.89. The number of aliphatic hydroxyl groups is 1. The summed E-state index contributed by atoms with van der Waals surface area (Å²) in [5.74, 6) is 0. The van der Waals surface area contributed by atoms with Gasteiger partial charge in [0.05, 0.1) is 5.69 Å². The van der Waals surface area contributed by atoms with Crippen molar-refractivity contribution in [1.29, 1.82) is 0 Å². The molecule has 1 N–H and O–H groups in total. The van der Waals surface area contributed by atoms with Crippen LogP contribution in [0.5, 0.6) is 0 Å². The van der Waals surface area contributed by atoms with Gasteiger partial charge < -0.3 is 5.11 Å². The van der Waals surface area contributed by atoms with Crippen LogP contribution < -0.4 is 0 Å². The number of benzene rings is 2. The maximum atomic E-state index is 10.8. The second-order valence-electron chi connectivity index (χ2n) is 5.03. The molecule has 3 rings (SSSR count). The molecule has 0 aliphatic heterocycles. The molecule has 0 radical (unpaired) electrons. The molecule has 0 spiro atoms. The number of hydrogen-bond donors (Lipinski definition) is 1. The molecule has 1 aromatic heterocycles.